The van der Waals surface area contributed by atoms with Crippen LogP contribution in [0.5, 0.6) is 0 Å². The van der Waals surface area contributed by atoms with Crippen molar-refractivity contribution in [2.75, 3.05) is 13.7 Å². The Balaban J connectivity index is 2.20. The van der Waals surface area contributed by atoms with Gasteiger partial charge in [0.15, 0.2) is 12.6 Å². The predicted octanol–water partition coefficient (Wildman–Crippen LogP) is -3.57. The zero-order chi connectivity index (χ0) is 19.6. The van der Waals surface area contributed by atoms with E-state index in [2.05, 4.69) is 5.32 Å². The first-order valence-corrected chi connectivity index (χ1v) is 8.30. The van der Waals surface area contributed by atoms with Gasteiger partial charge in [-0.3, -0.25) is 4.79 Å². The molecule has 11 heteroatoms. The van der Waals surface area contributed by atoms with Gasteiger partial charge in [-0.2, -0.15) is 0 Å². The number of carbonyl (C=O) groups excluding carboxylic acids is 1. The SMILES string of the molecule is COC1C(O)OC(OC2C(O)C(CO)OC(C)C2NC(C)=O)C(O)C1O. The Labute approximate surface area is 150 Å². The lowest BCUT2D eigenvalue weighted by Crippen LogP contribution is -2.67. The van der Waals surface area contributed by atoms with Crippen molar-refractivity contribution in [1.29, 1.82) is 0 Å². The summed E-state index contributed by atoms with van der Waals surface area (Å²) in [4.78, 5) is 11.5. The van der Waals surface area contributed by atoms with Gasteiger partial charge in [0.2, 0.25) is 5.91 Å². The van der Waals surface area contributed by atoms with Crippen LogP contribution < -0.4 is 5.32 Å². The van der Waals surface area contributed by atoms with Gasteiger partial charge in [-0.1, -0.05) is 0 Å². The Hall–Kier alpha value is -0.890. The fourth-order valence-electron chi connectivity index (χ4n) is 3.22. The second kappa shape index (κ2) is 8.87. The minimum Gasteiger partial charge on any atom is -0.394 e. The Bertz CT molecular complexity index is 479. The van der Waals surface area contributed by atoms with E-state index in [9.17, 15) is 30.3 Å². The van der Waals surface area contributed by atoms with Crippen molar-refractivity contribution in [3.05, 3.63) is 0 Å². The molecule has 6 N–H and O–H groups in total. The molecular formula is C15H27NO10. The first kappa shape index (κ1) is 21.4. The first-order chi connectivity index (χ1) is 12.2. The lowest BCUT2D eigenvalue weighted by atomic mass is 9.92. The van der Waals surface area contributed by atoms with Gasteiger partial charge in [0.25, 0.3) is 0 Å². The number of carbonyl (C=O) groups is 1. The van der Waals surface area contributed by atoms with Crippen molar-refractivity contribution >= 4 is 5.91 Å². The molecule has 0 radical (unpaired) electrons. The molecule has 0 aromatic carbocycles. The highest BCUT2D eigenvalue weighted by atomic mass is 16.8. The summed E-state index contributed by atoms with van der Waals surface area (Å²) in [5.74, 6) is -0.404. The maximum Gasteiger partial charge on any atom is 0.217 e. The van der Waals surface area contributed by atoms with Gasteiger partial charge < -0.3 is 49.8 Å². The number of amides is 1. The highest BCUT2D eigenvalue weighted by molar-refractivity contribution is 5.73. The molecule has 152 valence electrons. The molecule has 10 unspecified atom stereocenters. The van der Waals surface area contributed by atoms with Crippen LogP contribution in [0.25, 0.3) is 0 Å². The molecule has 0 aliphatic carbocycles. The Morgan fingerprint density at radius 1 is 1.08 bits per heavy atom. The number of aliphatic hydroxyl groups excluding tert-OH is 5. The van der Waals surface area contributed by atoms with Crippen LogP contribution in [-0.4, -0.2) is 107 Å². The van der Waals surface area contributed by atoms with Crippen LogP contribution in [0, 0.1) is 0 Å². The molecule has 2 aliphatic rings. The quantitative estimate of drug-likeness (QED) is 0.280. The van der Waals surface area contributed by atoms with Gasteiger partial charge in [-0.05, 0) is 6.92 Å². The number of aliphatic hydroxyl groups is 5. The van der Waals surface area contributed by atoms with E-state index < -0.39 is 73.9 Å². The second-order valence-electron chi connectivity index (χ2n) is 6.46. The molecule has 2 fully saturated rings. The van der Waals surface area contributed by atoms with E-state index in [4.69, 9.17) is 18.9 Å². The van der Waals surface area contributed by atoms with E-state index in [0.717, 1.165) is 0 Å². The standard InChI is InChI=1S/C15H27NO10/c1-5-8(16-6(2)18)12(9(19)7(4-17)24-5)25-15-11(21)10(20)13(23-3)14(22)26-15/h5,7-15,17,19-22H,4H2,1-3H3,(H,16,18). The van der Waals surface area contributed by atoms with Gasteiger partial charge >= 0.3 is 0 Å². The molecule has 26 heavy (non-hydrogen) atoms. The van der Waals surface area contributed by atoms with Crippen LogP contribution in [0.2, 0.25) is 0 Å². The molecule has 0 spiro atoms. The van der Waals surface area contributed by atoms with E-state index in [1.54, 1.807) is 6.92 Å². The number of nitrogens with one attached hydrogen (secondary N) is 1. The molecule has 0 aromatic heterocycles. The van der Waals surface area contributed by atoms with E-state index in [1.807, 2.05) is 0 Å². The smallest absolute Gasteiger partial charge is 0.217 e. The zero-order valence-electron chi connectivity index (χ0n) is 14.8. The number of rotatable bonds is 5. The number of hydrogen-bond acceptors (Lipinski definition) is 10. The first-order valence-electron chi connectivity index (χ1n) is 8.30. The summed E-state index contributed by atoms with van der Waals surface area (Å²) < 4.78 is 21.1. The van der Waals surface area contributed by atoms with Crippen molar-refractivity contribution in [1.82, 2.24) is 5.32 Å². The van der Waals surface area contributed by atoms with Crippen molar-refractivity contribution in [2.24, 2.45) is 0 Å². The Morgan fingerprint density at radius 2 is 1.73 bits per heavy atom. The summed E-state index contributed by atoms with van der Waals surface area (Å²) in [6, 6.07) is -0.824. The third-order valence-electron chi connectivity index (χ3n) is 4.60. The van der Waals surface area contributed by atoms with Crippen LogP contribution in [0.15, 0.2) is 0 Å². The zero-order valence-corrected chi connectivity index (χ0v) is 14.8. The molecule has 1 amide bonds. The van der Waals surface area contributed by atoms with Crippen LogP contribution in [0.1, 0.15) is 13.8 Å². The molecule has 10 atom stereocenters. The van der Waals surface area contributed by atoms with Crippen LogP contribution in [-0.2, 0) is 23.7 Å². The van der Waals surface area contributed by atoms with Crippen molar-refractivity contribution in [3.8, 4) is 0 Å². The summed E-state index contributed by atoms with van der Waals surface area (Å²) in [6.45, 7) is 2.40. The van der Waals surface area contributed by atoms with Crippen molar-refractivity contribution < 1.29 is 49.3 Å². The lowest BCUT2D eigenvalue weighted by Gasteiger charge is -2.47. The molecule has 2 aliphatic heterocycles. The molecule has 2 saturated heterocycles. The molecule has 0 aromatic rings. The maximum atomic E-state index is 11.5. The van der Waals surface area contributed by atoms with Gasteiger partial charge in [0.1, 0.15) is 36.6 Å². The average Bonchev–Trinajstić information content (AvgIpc) is 2.58. The van der Waals surface area contributed by atoms with Gasteiger partial charge in [-0.15, -0.1) is 0 Å². The number of ether oxygens (including phenoxy) is 4. The van der Waals surface area contributed by atoms with Gasteiger partial charge in [0.05, 0.1) is 18.8 Å². The van der Waals surface area contributed by atoms with Crippen molar-refractivity contribution in [2.45, 2.75) is 75.2 Å². The third-order valence-corrected chi connectivity index (χ3v) is 4.60. The molecule has 0 saturated carbocycles. The van der Waals surface area contributed by atoms with Crippen LogP contribution >= 0.6 is 0 Å². The van der Waals surface area contributed by atoms with E-state index in [-0.39, 0.29) is 0 Å². The van der Waals surface area contributed by atoms with Gasteiger partial charge in [-0.25, -0.2) is 0 Å². The lowest BCUT2D eigenvalue weighted by molar-refractivity contribution is -0.363. The van der Waals surface area contributed by atoms with Gasteiger partial charge in [0, 0.05) is 14.0 Å². The molecule has 0 bridgehead atoms. The normalized spacial score (nSPS) is 46.8. The van der Waals surface area contributed by atoms with E-state index in [1.165, 1.54) is 14.0 Å². The van der Waals surface area contributed by atoms with Crippen LogP contribution in [0.3, 0.4) is 0 Å². The fourth-order valence-corrected chi connectivity index (χ4v) is 3.22. The summed E-state index contributed by atoms with van der Waals surface area (Å²) in [5.41, 5.74) is 0. The Morgan fingerprint density at radius 3 is 2.27 bits per heavy atom. The summed E-state index contributed by atoms with van der Waals surface area (Å²) in [7, 11) is 1.23. The second-order valence-corrected chi connectivity index (χ2v) is 6.46. The van der Waals surface area contributed by atoms with E-state index in [0.29, 0.717) is 0 Å². The summed E-state index contributed by atoms with van der Waals surface area (Å²) in [5, 5.41) is 52.5. The third kappa shape index (κ3) is 4.32. The number of hydrogen-bond donors (Lipinski definition) is 6. The topological polar surface area (TPSA) is 167 Å². The molecule has 11 nitrogen and oxygen atoms in total. The maximum absolute atomic E-state index is 11.5. The summed E-state index contributed by atoms with van der Waals surface area (Å²) >= 11 is 0. The average molecular weight is 381 g/mol. The fraction of sp³-hybridized carbons (Fsp3) is 0.933. The monoisotopic (exact) mass is 381 g/mol. The summed E-state index contributed by atoms with van der Waals surface area (Å²) in [6.07, 6.45) is -11.5. The molecule has 2 heterocycles. The molecular weight excluding hydrogens is 354 g/mol. The molecule has 2 rings (SSSR count). The van der Waals surface area contributed by atoms with Crippen molar-refractivity contribution in [3.63, 3.8) is 0 Å². The van der Waals surface area contributed by atoms with E-state index >= 15 is 0 Å². The highest BCUT2D eigenvalue weighted by Crippen LogP contribution is 2.29. The van der Waals surface area contributed by atoms with Crippen LogP contribution in [0.4, 0.5) is 0 Å². The minimum atomic E-state index is -1.58. The largest absolute Gasteiger partial charge is 0.394 e. The minimum absolute atomic E-state index is 0.404. The number of methoxy groups -OCH3 is 1. The Kier molecular flexibility index (Phi) is 7.30. The highest BCUT2D eigenvalue weighted by Gasteiger charge is 2.50. The predicted molar refractivity (Wildman–Crippen MR) is 83.6 cm³/mol.